The van der Waals surface area contributed by atoms with E-state index in [0.29, 0.717) is 35.2 Å². The van der Waals surface area contributed by atoms with E-state index in [1.807, 2.05) is 30.0 Å². The van der Waals surface area contributed by atoms with Gasteiger partial charge in [0, 0.05) is 35.0 Å². The maximum Gasteiger partial charge on any atom is 0.238 e. The number of carbonyl (C=O) groups excluding carboxylic acids is 2. The minimum Gasteiger partial charge on any atom is -0.359 e. The lowest BCUT2D eigenvalue weighted by atomic mass is 10.1. The zero-order valence-corrected chi connectivity index (χ0v) is 17.6. The van der Waals surface area contributed by atoms with Gasteiger partial charge in [-0.2, -0.15) is 0 Å². The van der Waals surface area contributed by atoms with Crippen molar-refractivity contribution in [2.24, 2.45) is 0 Å². The summed E-state index contributed by atoms with van der Waals surface area (Å²) in [5.41, 5.74) is 2.98. The third-order valence-electron chi connectivity index (χ3n) is 4.38. The van der Waals surface area contributed by atoms with Crippen LogP contribution >= 0.6 is 11.6 Å². The van der Waals surface area contributed by atoms with Gasteiger partial charge in [-0.05, 0) is 42.9 Å². The van der Waals surface area contributed by atoms with E-state index in [2.05, 4.69) is 15.8 Å². The molecule has 2 N–H and O–H groups in total. The van der Waals surface area contributed by atoms with Crippen LogP contribution in [0.25, 0.3) is 11.3 Å². The van der Waals surface area contributed by atoms with E-state index >= 15 is 0 Å². The standard InChI is InChI=1S/C22H23ClN4O3/c1-3-27(13-20-12-21(26-30-20)16-4-6-17(23)7-5-16)14-22(29)25-19-10-8-18(9-11-19)24-15(2)28/h4-12H,3,13-14H2,1-2H3,(H,24,28)(H,25,29). The van der Waals surface area contributed by atoms with Gasteiger partial charge in [-0.1, -0.05) is 35.8 Å². The number of rotatable bonds is 8. The lowest BCUT2D eigenvalue weighted by molar-refractivity contribution is -0.117. The number of anilines is 2. The first-order valence-electron chi connectivity index (χ1n) is 9.54. The van der Waals surface area contributed by atoms with Gasteiger partial charge in [0.1, 0.15) is 5.69 Å². The molecule has 0 atom stereocenters. The van der Waals surface area contributed by atoms with Crippen LogP contribution in [0.15, 0.2) is 59.1 Å². The monoisotopic (exact) mass is 426 g/mol. The largest absolute Gasteiger partial charge is 0.359 e. The summed E-state index contributed by atoms with van der Waals surface area (Å²) in [6.07, 6.45) is 0. The molecule has 8 heteroatoms. The third kappa shape index (κ3) is 6.17. The molecule has 0 aliphatic rings. The van der Waals surface area contributed by atoms with Crippen molar-refractivity contribution in [2.45, 2.75) is 20.4 Å². The second-order valence-corrected chi connectivity index (χ2v) is 7.23. The van der Waals surface area contributed by atoms with Crippen LogP contribution in [-0.2, 0) is 16.1 Å². The zero-order chi connectivity index (χ0) is 21.5. The summed E-state index contributed by atoms with van der Waals surface area (Å²) in [4.78, 5) is 25.4. The number of nitrogens with zero attached hydrogens (tertiary/aromatic N) is 2. The van der Waals surface area contributed by atoms with Crippen LogP contribution in [0, 0.1) is 0 Å². The molecular weight excluding hydrogens is 404 g/mol. The number of halogens is 1. The summed E-state index contributed by atoms with van der Waals surface area (Å²) in [6, 6.07) is 16.2. The molecule has 30 heavy (non-hydrogen) atoms. The number of hydrogen-bond acceptors (Lipinski definition) is 5. The molecule has 2 aromatic carbocycles. The van der Waals surface area contributed by atoms with E-state index in [-0.39, 0.29) is 18.4 Å². The molecule has 0 aliphatic heterocycles. The number of benzene rings is 2. The maximum atomic E-state index is 12.4. The van der Waals surface area contributed by atoms with Crippen molar-refractivity contribution in [1.29, 1.82) is 0 Å². The summed E-state index contributed by atoms with van der Waals surface area (Å²) in [6.45, 7) is 4.77. The molecule has 2 amide bonds. The molecular formula is C22H23ClN4O3. The Morgan fingerprint density at radius 2 is 1.67 bits per heavy atom. The fourth-order valence-electron chi connectivity index (χ4n) is 2.89. The first-order valence-corrected chi connectivity index (χ1v) is 9.92. The highest BCUT2D eigenvalue weighted by Gasteiger charge is 2.14. The van der Waals surface area contributed by atoms with E-state index < -0.39 is 0 Å². The molecule has 0 spiro atoms. The average molecular weight is 427 g/mol. The Balaban J connectivity index is 1.55. The van der Waals surface area contributed by atoms with Crippen LogP contribution in [0.1, 0.15) is 19.6 Å². The molecule has 1 aromatic heterocycles. The van der Waals surface area contributed by atoms with Gasteiger partial charge >= 0.3 is 0 Å². The van der Waals surface area contributed by atoms with Gasteiger partial charge in [0.15, 0.2) is 5.76 Å². The Bertz CT molecular complexity index is 1000. The average Bonchev–Trinajstić information content (AvgIpc) is 3.17. The van der Waals surface area contributed by atoms with E-state index in [9.17, 15) is 9.59 Å². The second-order valence-electron chi connectivity index (χ2n) is 6.80. The Morgan fingerprint density at radius 1 is 1.03 bits per heavy atom. The van der Waals surface area contributed by atoms with Crippen molar-refractivity contribution in [3.8, 4) is 11.3 Å². The molecule has 7 nitrogen and oxygen atoms in total. The third-order valence-corrected chi connectivity index (χ3v) is 4.63. The normalized spacial score (nSPS) is 10.8. The number of nitrogens with one attached hydrogen (secondary N) is 2. The number of carbonyl (C=O) groups is 2. The fraction of sp³-hybridized carbons (Fsp3) is 0.227. The SMILES string of the molecule is CCN(CC(=O)Nc1ccc(NC(C)=O)cc1)Cc1cc(-c2ccc(Cl)cc2)no1. The number of amides is 2. The summed E-state index contributed by atoms with van der Waals surface area (Å²) >= 11 is 5.92. The predicted molar refractivity (Wildman–Crippen MR) is 117 cm³/mol. The molecule has 0 fully saturated rings. The van der Waals surface area contributed by atoms with Gasteiger partial charge in [0.25, 0.3) is 0 Å². The Kier molecular flexibility index (Phi) is 7.21. The molecule has 1 heterocycles. The van der Waals surface area contributed by atoms with Crippen LogP contribution < -0.4 is 10.6 Å². The molecule has 0 radical (unpaired) electrons. The zero-order valence-electron chi connectivity index (χ0n) is 16.8. The van der Waals surface area contributed by atoms with Crippen molar-refractivity contribution in [2.75, 3.05) is 23.7 Å². The first kappa shape index (κ1) is 21.5. The Morgan fingerprint density at radius 3 is 2.27 bits per heavy atom. The van der Waals surface area contributed by atoms with Gasteiger partial charge in [-0.25, -0.2) is 0 Å². The molecule has 3 rings (SSSR count). The highest BCUT2D eigenvalue weighted by molar-refractivity contribution is 6.30. The summed E-state index contributed by atoms with van der Waals surface area (Å²) in [5.74, 6) is 0.396. The van der Waals surface area contributed by atoms with E-state index in [4.69, 9.17) is 16.1 Å². The van der Waals surface area contributed by atoms with Crippen LogP contribution in [-0.4, -0.2) is 35.0 Å². The van der Waals surface area contributed by atoms with Gasteiger partial charge in [0.2, 0.25) is 11.8 Å². The minimum absolute atomic E-state index is 0.137. The van der Waals surface area contributed by atoms with Crippen molar-refractivity contribution in [1.82, 2.24) is 10.1 Å². The highest BCUT2D eigenvalue weighted by atomic mass is 35.5. The van der Waals surface area contributed by atoms with Gasteiger partial charge in [0.05, 0.1) is 13.1 Å². The quantitative estimate of drug-likeness (QED) is 0.557. The molecule has 3 aromatic rings. The number of likely N-dealkylation sites (N-methyl/N-ethyl adjacent to an activating group) is 1. The number of hydrogen-bond donors (Lipinski definition) is 2. The summed E-state index contributed by atoms with van der Waals surface area (Å²) in [7, 11) is 0. The van der Waals surface area contributed by atoms with E-state index in [0.717, 1.165) is 11.3 Å². The van der Waals surface area contributed by atoms with Gasteiger partial charge in [-0.3, -0.25) is 14.5 Å². The molecule has 0 aliphatic carbocycles. The smallest absolute Gasteiger partial charge is 0.238 e. The molecule has 156 valence electrons. The van der Waals surface area contributed by atoms with Crippen LogP contribution in [0.2, 0.25) is 5.02 Å². The van der Waals surface area contributed by atoms with E-state index in [1.165, 1.54) is 6.92 Å². The van der Waals surface area contributed by atoms with Gasteiger partial charge in [-0.15, -0.1) is 0 Å². The second kappa shape index (κ2) is 10.0. The number of aromatic nitrogens is 1. The lowest BCUT2D eigenvalue weighted by Gasteiger charge is -2.18. The van der Waals surface area contributed by atoms with Crippen molar-refractivity contribution in [3.63, 3.8) is 0 Å². The molecule has 0 bridgehead atoms. The van der Waals surface area contributed by atoms with Crippen LogP contribution in [0.5, 0.6) is 0 Å². The van der Waals surface area contributed by atoms with Crippen LogP contribution in [0.4, 0.5) is 11.4 Å². The summed E-state index contributed by atoms with van der Waals surface area (Å²) < 4.78 is 5.44. The van der Waals surface area contributed by atoms with Crippen molar-refractivity contribution in [3.05, 3.63) is 65.4 Å². The Hall–Kier alpha value is -3.16. The molecule has 0 unspecified atom stereocenters. The Labute approximate surface area is 180 Å². The van der Waals surface area contributed by atoms with Crippen LogP contribution in [0.3, 0.4) is 0 Å². The van der Waals surface area contributed by atoms with Crippen molar-refractivity contribution < 1.29 is 14.1 Å². The van der Waals surface area contributed by atoms with E-state index in [1.54, 1.807) is 36.4 Å². The predicted octanol–water partition coefficient (Wildman–Crippen LogP) is 4.41. The first-order chi connectivity index (χ1) is 14.4. The lowest BCUT2D eigenvalue weighted by Crippen LogP contribution is -2.32. The molecule has 0 saturated carbocycles. The van der Waals surface area contributed by atoms with Crippen molar-refractivity contribution >= 4 is 34.8 Å². The topological polar surface area (TPSA) is 87.5 Å². The summed E-state index contributed by atoms with van der Waals surface area (Å²) in [5, 5.41) is 10.3. The molecule has 0 saturated heterocycles. The highest BCUT2D eigenvalue weighted by Crippen LogP contribution is 2.22. The minimum atomic E-state index is -0.142. The van der Waals surface area contributed by atoms with Gasteiger partial charge < -0.3 is 15.2 Å². The maximum absolute atomic E-state index is 12.4. The fourth-order valence-corrected chi connectivity index (χ4v) is 3.01.